The maximum atomic E-state index is 11.8. The van der Waals surface area contributed by atoms with E-state index in [9.17, 15) is 4.79 Å². The van der Waals surface area contributed by atoms with Crippen molar-refractivity contribution < 1.29 is 4.79 Å². The predicted molar refractivity (Wildman–Crippen MR) is 93.0 cm³/mol. The van der Waals surface area contributed by atoms with Crippen molar-refractivity contribution in [1.82, 2.24) is 16.0 Å². The number of rotatable bonds is 5. The van der Waals surface area contributed by atoms with Gasteiger partial charge < -0.3 is 16.0 Å². The van der Waals surface area contributed by atoms with Crippen molar-refractivity contribution in [2.24, 2.45) is 16.3 Å². The molecular formula is C17H34N4O. The first-order chi connectivity index (χ1) is 10.3. The Morgan fingerprint density at radius 1 is 1.14 bits per heavy atom. The zero-order valence-corrected chi connectivity index (χ0v) is 15.0. The summed E-state index contributed by atoms with van der Waals surface area (Å²) in [6, 6.07) is 0.526. The van der Waals surface area contributed by atoms with Gasteiger partial charge >= 0.3 is 0 Å². The Hall–Kier alpha value is -1.26. The molecule has 0 heterocycles. The Balaban J connectivity index is 2.37. The van der Waals surface area contributed by atoms with Gasteiger partial charge in [-0.25, -0.2) is 0 Å². The van der Waals surface area contributed by atoms with Crippen molar-refractivity contribution in [2.75, 3.05) is 19.6 Å². The van der Waals surface area contributed by atoms with Crippen LogP contribution in [0.15, 0.2) is 4.99 Å². The van der Waals surface area contributed by atoms with Gasteiger partial charge in [0, 0.05) is 24.5 Å². The first-order valence-corrected chi connectivity index (χ1v) is 8.66. The van der Waals surface area contributed by atoms with Gasteiger partial charge in [-0.05, 0) is 38.5 Å². The first-order valence-electron chi connectivity index (χ1n) is 8.66. The van der Waals surface area contributed by atoms with Crippen LogP contribution in [0.3, 0.4) is 0 Å². The summed E-state index contributed by atoms with van der Waals surface area (Å²) >= 11 is 0. The van der Waals surface area contributed by atoms with E-state index in [-0.39, 0.29) is 11.3 Å². The van der Waals surface area contributed by atoms with E-state index >= 15 is 0 Å². The molecule has 5 nitrogen and oxygen atoms in total. The highest BCUT2D eigenvalue weighted by molar-refractivity contribution is 5.81. The molecule has 1 aliphatic rings. The van der Waals surface area contributed by atoms with Crippen LogP contribution in [0.25, 0.3) is 0 Å². The molecule has 5 heteroatoms. The molecule has 1 fully saturated rings. The van der Waals surface area contributed by atoms with Gasteiger partial charge in [0.05, 0.1) is 6.54 Å². The summed E-state index contributed by atoms with van der Waals surface area (Å²) in [6.07, 6.45) is 5.01. The monoisotopic (exact) mass is 310 g/mol. The van der Waals surface area contributed by atoms with Gasteiger partial charge in [0.25, 0.3) is 0 Å². The lowest BCUT2D eigenvalue weighted by Crippen LogP contribution is -2.45. The van der Waals surface area contributed by atoms with Crippen LogP contribution in [0.1, 0.15) is 60.3 Å². The number of nitrogens with one attached hydrogen (secondary N) is 3. The maximum absolute atomic E-state index is 11.8. The third-order valence-electron chi connectivity index (χ3n) is 4.05. The van der Waals surface area contributed by atoms with Crippen LogP contribution < -0.4 is 16.0 Å². The lowest BCUT2D eigenvalue weighted by atomic mass is 9.87. The van der Waals surface area contributed by atoms with Crippen LogP contribution in [-0.2, 0) is 4.79 Å². The van der Waals surface area contributed by atoms with E-state index in [1.54, 1.807) is 0 Å². The number of carbonyl (C=O) groups is 1. The summed E-state index contributed by atoms with van der Waals surface area (Å²) in [5.74, 6) is 1.79. The number of carbonyl (C=O) groups excluding carboxylic acids is 1. The van der Waals surface area contributed by atoms with E-state index in [0.717, 1.165) is 18.4 Å². The van der Waals surface area contributed by atoms with E-state index in [4.69, 9.17) is 0 Å². The normalized spacial score (nSPS) is 23.0. The van der Waals surface area contributed by atoms with Gasteiger partial charge in [-0.1, -0.05) is 27.7 Å². The summed E-state index contributed by atoms with van der Waals surface area (Å²) in [5.41, 5.74) is -0.342. The molecule has 0 radical (unpaired) electrons. The summed E-state index contributed by atoms with van der Waals surface area (Å²) in [7, 11) is 0. The molecule has 1 saturated carbocycles. The SMILES string of the molecule is CCNC(=NCCNC(=O)C(C)(C)C)NC1CCC(C)CC1. The number of hydrogen-bond acceptors (Lipinski definition) is 2. The molecule has 0 aromatic heterocycles. The summed E-state index contributed by atoms with van der Waals surface area (Å²) in [4.78, 5) is 16.4. The molecule has 0 aromatic rings. The molecule has 22 heavy (non-hydrogen) atoms. The van der Waals surface area contributed by atoms with Gasteiger partial charge in [-0.2, -0.15) is 0 Å². The second kappa shape index (κ2) is 9.01. The zero-order chi connectivity index (χ0) is 16.6. The van der Waals surface area contributed by atoms with Crippen LogP contribution in [0.4, 0.5) is 0 Å². The molecular weight excluding hydrogens is 276 g/mol. The van der Waals surface area contributed by atoms with E-state index in [2.05, 4.69) is 34.8 Å². The standard InChI is InChI=1S/C17H34N4O/c1-6-18-16(21-14-9-7-13(2)8-10-14)20-12-11-19-15(22)17(3,4)5/h13-14H,6-12H2,1-5H3,(H,19,22)(H2,18,20,21). The Bertz CT molecular complexity index is 365. The minimum atomic E-state index is -0.342. The highest BCUT2D eigenvalue weighted by Crippen LogP contribution is 2.23. The summed E-state index contributed by atoms with van der Waals surface area (Å²) in [5, 5.41) is 9.74. The van der Waals surface area contributed by atoms with Gasteiger partial charge in [-0.15, -0.1) is 0 Å². The fourth-order valence-electron chi connectivity index (χ4n) is 2.52. The molecule has 0 spiro atoms. The Labute approximate surface area is 135 Å². The van der Waals surface area contributed by atoms with Crippen molar-refractivity contribution >= 4 is 11.9 Å². The van der Waals surface area contributed by atoms with E-state index in [0.29, 0.717) is 19.1 Å². The van der Waals surface area contributed by atoms with E-state index in [1.165, 1.54) is 25.7 Å². The van der Waals surface area contributed by atoms with Crippen molar-refractivity contribution in [2.45, 2.75) is 66.3 Å². The minimum Gasteiger partial charge on any atom is -0.357 e. The van der Waals surface area contributed by atoms with Gasteiger partial charge in [0.1, 0.15) is 0 Å². The van der Waals surface area contributed by atoms with Gasteiger partial charge in [0.15, 0.2) is 5.96 Å². The highest BCUT2D eigenvalue weighted by Gasteiger charge is 2.20. The maximum Gasteiger partial charge on any atom is 0.225 e. The van der Waals surface area contributed by atoms with Gasteiger partial charge in [0.2, 0.25) is 5.91 Å². The quantitative estimate of drug-likeness (QED) is 0.415. The second-order valence-electron chi connectivity index (χ2n) is 7.37. The lowest BCUT2D eigenvalue weighted by molar-refractivity contribution is -0.128. The van der Waals surface area contributed by atoms with Crippen molar-refractivity contribution in [3.05, 3.63) is 0 Å². The number of hydrogen-bond donors (Lipinski definition) is 3. The Morgan fingerprint density at radius 3 is 2.32 bits per heavy atom. The van der Waals surface area contributed by atoms with Crippen molar-refractivity contribution in [1.29, 1.82) is 0 Å². The molecule has 0 atom stereocenters. The molecule has 0 bridgehead atoms. The Morgan fingerprint density at radius 2 is 1.77 bits per heavy atom. The molecule has 0 saturated heterocycles. The molecule has 0 unspecified atom stereocenters. The fourth-order valence-corrected chi connectivity index (χ4v) is 2.52. The van der Waals surface area contributed by atoms with Crippen molar-refractivity contribution in [3.8, 4) is 0 Å². The number of guanidine groups is 1. The number of aliphatic imine (C=N–C) groups is 1. The molecule has 3 N–H and O–H groups in total. The van der Waals surface area contributed by atoms with Crippen LogP contribution >= 0.6 is 0 Å². The lowest BCUT2D eigenvalue weighted by Gasteiger charge is -2.28. The summed E-state index contributed by atoms with van der Waals surface area (Å²) in [6.45, 7) is 12.2. The predicted octanol–water partition coefficient (Wildman–Crippen LogP) is 2.28. The third kappa shape index (κ3) is 7.14. The second-order valence-corrected chi connectivity index (χ2v) is 7.37. The molecule has 1 amide bonds. The minimum absolute atomic E-state index is 0.0712. The molecule has 1 rings (SSSR count). The van der Waals surface area contributed by atoms with Crippen LogP contribution in [0.5, 0.6) is 0 Å². The highest BCUT2D eigenvalue weighted by atomic mass is 16.2. The fraction of sp³-hybridized carbons (Fsp3) is 0.882. The summed E-state index contributed by atoms with van der Waals surface area (Å²) < 4.78 is 0. The average Bonchev–Trinajstić information content (AvgIpc) is 2.44. The topological polar surface area (TPSA) is 65.5 Å². The van der Waals surface area contributed by atoms with Crippen LogP contribution in [0.2, 0.25) is 0 Å². The average molecular weight is 310 g/mol. The van der Waals surface area contributed by atoms with Crippen LogP contribution in [-0.4, -0.2) is 37.5 Å². The number of nitrogens with zero attached hydrogens (tertiary/aromatic N) is 1. The smallest absolute Gasteiger partial charge is 0.225 e. The molecule has 0 aliphatic heterocycles. The van der Waals surface area contributed by atoms with E-state index < -0.39 is 0 Å². The van der Waals surface area contributed by atoms with E-state index in [1.807, 2.05) is 20.8 Å². The molecule has 128 valence electrons. The zero-order valence-electron chi connectivity index (χ0n) is 15.0. The third-order valence-corrected chi connectivity index (χ3v) is 4.05. The largest absolute Gasteiger partial charge is 0.357 e. The van der Waals surface area contributed by atoms with Crippen LogP contribution in [0, 0.1) is 11.3 Å². The number of amides is 1. The van der Waals surface area contributed by atoms with Crippen molar-refractivity contribution in [3.63, 3.8) is 0 Å². The Kier molecular flexibility index (Phi) is 7.69. The molecule has 0 aromatic carbocycles. The first kappa shape index (κ1) is 18.8. The molecule has 1 aliphatic carbocycles. The van der Waals surface area contributed by atoms with Gasteiger partial charge in [-0.3, -0.25) is 9.79 Å².